The first-order chi connectivity index (χ1) is 15.0. The Morgan fingerprint density at radius 3 is 2.38 bits per heavy atom. The van der Waals surface area contributed by atoms with Gasteiger partial charge in [0.2, 0.25) is 16.0 Å². The van der Waals surface area contributed by atoms with Crippen molar-refractivity contribution in [2.45, 2.75) is 17.6 Å². The Labute approximate surface area is 182 Å². The van der Waals surface area contributed by atoms with Gasteiger partial charge in [0.25, 0.3) is 0 Å². The molecule has 32 heavy (non-hydrogen) atoms. The molecule has 10 heteroatoms. The van der Waals surface area contributed by atoms with Crippen molar-refractivity contribution >= 4 is 27.0 Å². The predicted octanol–water partition coefficient (Wildman–Crippen LogP) is 4.53. The molecule has 0 saturated heterocycles. The summed E-state index contributed by atoms with van der Waals surface area (Å²) in [5.74, 6) is 0.525. The lowest BCUT2D eigenvalue weighted by atomic mass is 10.1. The molecule has 0 amide bonds. The number of rotatable bonds is 5. The zero-order valence-electron chi connectivity index (χ0n) is 16.9. The van der Waals surface area contributed by atoms with E-state index in [0.717, 1.165) is 17.6 Å². The van der Waals surface area contributed by atoms with Crippen molar-refractivity contribution in [3.63, 3.8) is 0 Å². The minimum Gasteiger partial charge on any atom is -0.341 e. The van der Waals surface area contributed by atoms with Crippen molar-refractivity contribution in [3.05, 3.63) is 77.9 Å². The number of primary sulfonamides is 1. The first-order valence-electron chi connectivity index (χ1n) is 9.51. The van der Waals surface area contributed by atoms with E-state index in [4.69, 9.17) is 5.14 Å². The van der Waals surface area contributed by atoms with Crippen molar-refractivity contribution in [2.75, 3.05) is 11.9 Å². The van der Waals surface area contributed by atoms with Crippen LogP contribution < -0.4 is 10.0 Å². The number of nitrogens with one attached hydrogen (secondary N) is 1. The second kappa shape index (κ2) is 7.95. The van der Waals surface area contributed by atoms with Crippen molar-refractivity contribution < 1.29 is 21.6 Å². The topological polar surface area (TPSA) is 92.1 Å². The lowest BCUT2D eigenvalue weighted by Crippen LogP contribution is -2.17. The maximum absolute atomic E-state index is 12.7. The van der Waals surface area contributed by atoms with Crippen LogP contribution in [0.5, 0.6) is 0 Å². The van der Waals surface area contributed by atoms with Gasteiger partial charge in [-0.3, -0.25) is 0 Å². The largest absolute Gasteiger partial charge is 0.416 e. The summed E-state index contributed by atoms with van der Waals surface area (Å²) in [4.78, 5) is 9.52. The number of hydrogen-bond donors (Lipinski definition) is 2. The molecule has 0 bridgehead atoms. The highest BCUT2D eigenvalue weighted by Gasteiger charge is 2.30. The molecule has 0 spiro atoms. The number of nitrogens with zero attached hydrogens (tertiary/aromatic N) is 2. The highest BCUT2D eigenvalue weighted by Crippen LogP contribution is 2.31. The Morgan fingerprint density at radius 1 is 1.03 bits per heavy atom. The van der Waals surface area contributed by atoms with Gasteiger partial charge in [0.15, 0.2) is 0 Å². The summed E-state index contributed by atoms with van der Waals surface area (Å²) < 4.78 is 62.1. The van der Waals surface area contributed by atoms with Gasteiger partial charge in [-0.15, -0.1) is 0 Å². The van der Waals surface area contributed by atoms with E-state index in [1.807, 2.05) is 0 Å². The molecule has 4 rings (SSSR count). The summed E-state index contributed by atoms with van der Waals surface area (Å²) in [7, 11) is -2.13. The molecular formula is C22H19F3N4O2S. The highest BCUT2D eigenvalue weighted by atomic mass is 32.2. The molecule has 3 aromatic carbocycles. The number of halogens is 3. The van der Waals surface area contributed by atoms with Gasteiger partial charge in [0.1, 0.15) is 0 Å². The molecule has 166 valence electrons. The quantitative estimate of drug-likeness (QED) is 0.458. The van der Waals surface area contributed by atoms with Crippen LogP contribution in [0.1, 0.15) is 11.1 Å². The van der Waals surface area contributed by atoms with E-state index in [1.165, 1.54) is 18.2 Å². The Balaban J connectivity index is 1.61. The highest BCUT2D eigenvalue weighted by molar-refractivity contribution is 7.89. The van der Waals surface area contributed by atoms with E-state index in [-0.39, 0.29) is 4.90 Å². The number of H-pyrrole nitrogens is 1. The smallest absolute Gasteiger partial charge is 0.341 e. The maximum atomic E-state index is 12.7. The number of sulfonamides is 1. The van der Waals surface area contributed by atoms with E-state index in [0.29, 0.717) is 34.7 Å². The second-order valence-electron chi connectivity index (χ2n) is 7.38. The maximum Gasteiger partial charge on any atom is 0.416 e. The van der Waals surface area contributed by atoms with Crippen LogP contribution >= 0.6 is 0 Å². The number of alkyl halides is 3. The molecule has 0 radical (unpaired) electrons. The fourth-order valence-corrected chi connectivity index (χ4v) is 4.20. The molecule has 0 aliphatic carbocycles. The number of fused-ring (bicyclic) bond motifs is 1. The molecule has 0 saturated carbocycles. The van der Waals surface area contributed by atoms with Crippen LogP contribution in [-0.4, -0.2) is 25.4 Å². The molecule has 1 heterocycles. The zero-order valence-corrected chi connectivity index (χ0v) is 17.7. The molecule has 0 aliphatic heterocycles. The summed E-state index contributed by atoms with van der Waals surface area (Å²) in [6.45, 7) is 0.346. The van der Waals surface area contributed by atoms with Crippen LogP contribution in [0.3, 0.4) is 0 Å². The summed E-state index contributed by atoms with van der Waals surface area (Å²) in [5, 5.41) is 5.34. The van der Waals surface area contributed by atoms with Crippen molar-refractivity contribution in [1.29, 1.82) is 0 Å². The number of anilines is 1. The van der Waals surface area contributed by atoms with Crippen molar-refractivity contribution in [1.82, 2.24) is 9.97 Å². The normalized spacial score (nSPS) is 12.3. The van der Waals surface area contributed by atoms with Crippen LogP contribution in [-0.2, 0) is 22.7 Å². The monoisotopic (exact) mass is 460 g/mol. The van der Waals surface area contributed by atoms with Crippen LogP contribution in [0.15, 0.2) is 71.6 Å². The first kappa shape index (κ1) is 21.8. The summed E-state index contributed by atoms with van der Waals surface area (Å²) in [6.07, 6.45) is -4.37. The van der Waals surface area contributed by atoms with E-state index >= 15 is 0 Å². The molecular weight excluding hydrogens is 441 g/mol. The lowest BCUT2D eigenvalue weighted by Gasteiger charge is -2.16. The first-order valence-corrected chi connectivity index (χ1v) is 11.1. The van der Waals surface area contributed by atoms with Crippen molar-refractivity contribution in [2.24, 2.45) is 5.14 Å². The second-order valence-corrected chi connectivity index (χ2v) is 8.91. The standard InChI is InChI=1S/C22H19F3N4O2S/c1-29(13-14-6-9-16(10-7-14)22(23,24)25)21-27-18-11-8-15(12-19(18)28-21)17-4-2-3-5-20(17)32(26,30)31/h2-12H,13H2,1H3,(H,27,28)(H2,26,30,31). The number of aromatic nitrogens is 2. The molecule has 0 unspecified atom stereocenters. The number of imidazole rings is 1. The minimum absolute atomic E-state index is 0.0227. The summed E-state index contributed by atoms with van der Waals surface area (Å²) >= 11 is 0. The van der Waals surface area contributed by atoms with E-state index < -0.39 is 21.8 Å². The fraction of sp³-hybridized carbons (Fsp3) is 0.136. The number of benzene rings is 3. The SMILES string of the molecule is CN(Cc1ccc(C(F)(F)F)cc1)c1nc2cc(-c3ccccc3S(N)(=O)=O)ccc2[nH]1. The molecule has 1 aromatic heterocycles. The molecule has 0 atom stereocenters. The number of nitrogens with two attached hydrogens (primary N) is 1. The molecule has 0 aliphatic rings. The Morgan fingerprint density at radius 2 is 1.72 bits per heavy atom. The molecule has 4 aromatic rings. The van der Waals surface area contributed by atoms with Crippen molar-refractivity contribution in [3.8, 4) is 11.1 Å². The lowest BCUT2D eigenvalue weighted by molar-refractivity contribution is -0.137. The van der Waals surface area contributed by atoms with Gasteiger partial charge in [-0.2, -0.15) is 13.2 Å². The van der Waals surface area contributed by atoms with E-state index in [2.05, 4.69) is 9.97 Å². The fourth-order valence-electron chi connectivity index (χ4n) is 3.44. The molecule has 6 nitrogen and oxygen atoms in total. The average Bonchev–Trinajstić information content (AvgIpc) is 3.16. The Bertz CT molecular complexity index is 1380. The Hall–Kier alpha value is -3.37. The van der Waals surface area contributed by atoms with Gasteiger partial charge in [-0.05, 0) is 41.5 Å². The third-order valence-corrected chi connectivity index (χ3v) is 6.01. The Kier molecular flexibility index (Phi) is 5.43. The summed E-state index contributed by atoms with van der Waals surface area (Å²) in [6, 6.07) is 16.7. The van der Waals surface area contributed by atoms with E-state index in [9.17, 15) is 21.6 Å². The van der Waals surface area contributed by atoms with Crippen LogP contribution in [0.2, 0.25) is 0 Å². The van der Waals surface area contributed by atoms with Gasteiger partial charge >= 0.3 is 6.18 Å². The van der Waals surface area contributed by atoms with Gasteiger partial charge in [-0.1, -0.05) is 36.4 Å². The van der Waals surface area contributed by atoms with E-state index in [1.54, 1.807) is 48.3 Å². The third-order valence-electron chi connectivity index (χ3n) is 5.04. The third kappa shape index (κ3) is 4.46. The van der Waals surface area contributed by atoms with Gasteiger partial charge in [0, 0.05) is 19.2 Å². The molecule has 0 fully saturated rings. The number of hydrogen-bond acceptors (Lipinski definition) is 4. The van der Waals surface area contributed by atoms with Gasteiger partial charge in [0.05, 0.1) is 21.5 Å². The minimum atomic E-state index is -4.37. The predicted molar refractivity (Wildman–Crippen MR) is 116 cm³/mol. The average molecular weight is 460 g/mol. The molecule has 3 N–H and O–H groups in total. The number of aromatic amines is 1. The van der Waals surface area contributed by atoms with Gasteiger partial charge < -0.3 is 9.88 Å². The van der Waals surface area contributed by atoms with Gasteiger partial charge in [-0.25, -0.2) is 18.5 Å². The van der Waals surface area contributed by atoms with Crippen LogP contribution in [0.25, 0.3) is 22.2 Å². The van der Waals surface area contributed by atoms with Crippen LogP contribution in [0.4, 0.5) is 19.1 Å². The van der Waals surface area contributed by atoms with Crippen LogP contribution in [0, 0.1) is 0 Å². The zero-order chi connectivity index (χ0) is 23.1. The summed E-state index contributed by atoms with van der Waals surface area (Å²) in [5.41, 5.74) is 2.46.